The molecule has 0 atom stereocenters. The van der Waals surface area contributed by atoms with Crippen LogP contribution >= 0.6 is 0 Å². The number of hydrogen-bond acceptors (Lipinski definition) is 6. The Kier molecular flexibility index (Phi) is 4.80. The molecule has 7 nitrogen and oxygen atoms in total. The molecule has 0 unspecified atom stereocenters. The van der Waals surface area contributed by atoms with Crippen LogP contribution in [0.5, 0.6) is 11.5 Å². The van der Waals surface area contributed by atoms with Crippen molar-refractivity contribution in [1.29, 1.82) is 0 Å². The second-order valence-electron chi connectivity index (χ2n) is 4.56. The van der Waals surface area contributed by atoms with Crippen LogP contribution in [0.15, 0.2) is 36.4 Å². The summed E-state index contributed by atoms with van der Waals surface area (Å²) in [5, 5.41) is 11.1. The maximum Gasteiger partial charge on any atom is 0.337 e. The Morgan fingerprint density at radius 1 is 1.09 bits per heavy atom. The molecule has 2 rings (SSSR count). The molecule has 0 aliphatic rings. The average molecular weight is 317 g/mol. The summed E-state index contributed by atoms with van der Waals surface area (Å²) in [6.45, 7) is 0. The molecule has 0 N–H and O–H groups in total. The average Bonchev–Trinajstić information content (AvgIpc) is 2.59. The molecule has 0 saturated carbocycles. The number of nitro groups is 1. The third-order valence-electron chi connectivity index (χ3n) is 3.27. The van der Waals surface area contributed by atoms with E-state index in [1.165, 1.54) is 33.5 Å². The Morgan fingerprint density at radius 2 is 1.83 bits per heavy atom. The van der Waals surface area contributed by atoms with E-state index in [0.29, 0.717) is 22.4 Å². The van der Waals surface area contributed by atoms with Gasteiger partial charge in [0.25, 0.3) is 5.69 Å². The molecule has 0 heterocycles. The van der Waals surface area contributed by atoms with Gasteiger partial charge in [0.2, 0.25) is 0 Å². The number of rotatable bonds is 5. The molecule has 0 fully saturated rings. The number of benzene rings is 2. The minimum atomic E-state index is -0.518. The van der Waals surface area contributed by atoms with Gasteiger partial charge in [-0.05, 0) is 17.7 Å². The van der Waals surface area contributed by atoms with Crippen molar-refractivity contribution in [3.8, 4) is 22.6 Å². The second-order valence-corrected chi connectivity index (χ2v) is 4.56. The standard InChI is InChI=1S/C16H15NO6/c1-21-14-9-12(17(19)20)8-13(15(14)22-2)10-5-4-6-11(7-10)16(18)23-3/h4-9H,1-3H3. The van der Waals surface area contributed by atoms with E-state index in [-0.39, 0.29) is 11.4 Å². The van der Waals surface area contributed by atoms with E-state index < -0.39 is 10.9 Å². The molecule has 0 spiro atoms. The third kappa shape index (κ3) is 3.23. The van der Waals surface area contributed by atoms with E-state index in [1.54, 1.807) is 24.3 Å². The van der Waals surface area contributed by atoms with Crippen molar-refractivity contribution in [2.75, 3.05) is 21.3 Å². The van der Waals surface area contributed by atoms with Crippen LogP contribution in [-0.4, -0.2) is 32.2 Å². The molecular formula is C16H15NO6. The van der Waals surface area contributed by atoms with E-state index in [4.69, 9.17) is 9.47 Å². The number of ether oxygens (including phenoxy) is 3. The van der Waals surface area contributed by atoms with Crippen LogP contribution in [0.1, 0.15) is 10.4 Å². The summed E-state index contributed by atoms with van der Waals surface area (Å²) in [6.07, 6.45) is 0. The highest BCUT2D eigenvalue weighted by Crippen LogP contribution is 2.41. The Bertz CT molecular complexity index is 756. The van der Waals surface area contributed by atoms with Crippen molar-refractivity contribution in [1.82, 2.24) is 0 Å². The van der Waals surface area contributed by atoms with Gasteiger partial charge in [0.1, 0.15) is 0 Å². The fraction of sp³-hybridized carbons (Fsp3) is 0.188. The second kappa shape index (κ2) is 6.78. The van der Waals surface area contributed by atoms with Gasteiger partial charge in [-0.25, -0.2) is 4.79 Å². The maximum absolute atomic E-state index is 11.7. The zero-order chi connectivity index (χ0) is 17.0. The maximum atomic E-state index is 11.7. The van der Waals surface area contributed by atoms with Gasteiger partial charge in [-0.2, -0.15) is 0 Å². The lowest BCUT2D eigenvalue weighted by atomic mass is 10.0. The minimum absolute atomic E-state index is 0.138. The normalized spacial score (nSPS) is 10.0. The van der Waals surface area contributed by atoms with Gasteiger partial charge in [0, 0.05) is 11.6 Å². The van der Waals surface area contributed by atoms with Gasteiger partial charge < -0.3 is 14.2 Å². The van der Waals surface area contributed by atoms with Gasteiger partial charge in [-0.15, -0.1) is 0 Å². The summed E-state index contributed by atoms with van der Waals surface area (Å²) in [6, 6.07) is 9.20. The van der Waals surface area contributed by atoms with Crippen LogP contribution in [0.25, 0.3) is 11.1 Å². The topological polar surface area (TPSA) is 87.9 Å². The van der Waals surface area contributed by atoms with E-state index in [2.05, 4.69) is 4.74 Å². The summed E-state index contributed by atoms with van der Waals surface area (Å²) in [7, 11) is 4.12. The first-order valence-electron chi connectivity index (χ1n) is 6.61. The lowest BCUT2D eigenvalue weighted by Gasteiger charge is -2.13. The van der Waals surface area contributed by atoms with Gasteiger partial charge in [0.15, 0.2) is 11.5 Å². The fourth-order valence-corrected chi connectivity index (χ4v) is 2.20. The predicted octanol–water partition coefficient (Wildman–Crippen LogP) is 3.07. The van der Waals surface area contributed by atoms with E-state index in [1.807, 2.05) is 0 Å². The molecule has 7 heteroatoms. The Labute approximate surface area is 132 Å². The van der Waals surface area contributed by atoms with Crippen molar-refractivity contribution in [2.45, 2.75) is 0 Å². The van der Waals surface area contributed by atoms with Gasteiger partial charge >= 0.3 is 5.97 Å². The summed E-state index contributed by atoms with van der Waals surface area (Å²) < 4.78 is 15.2. The lowest BCUT2D eigenvalue weighted by molar-refractivity contribution is -0.384. The monoisotopic (exact) mass is 317 g/mol. The molecule has 0 aliphatic carbocycles. The Balaban J connectivity index is 2.68. The van der Waals surface area contributed by atoms with Crippen molar-refractivity contribution in [2.24, 2.45) is 0 Å². The molecule has 0 bridgehead atoms. The highest BCUT2D eigenvalue weighted by atomic mass is 16.6. The summed E-state index contributed by atoms with van der Waals surface area (Å²) >= 11 is 0. The molecule has 0 saturated heterocycles. The Hall–Kier alpha value is -3.09. The van der Waals surface area contributed by atoms with E-state index in [0.717, 1.165) is 0 Å². The van der Waals surface area contributed by atoms with Crippen LogP contribution < -0.4 is 9.47 Å². The molecule has 0 amide bonds. The van der Waals surface area contributed by atoms with Crippen molar-refractivity contribution in [3.63, 3.8) is 0 Å². The predicted molar refractivity (Wildman–Crippen MR) is 83.0 cm³/mol. The molecule has 0 radical (unpaired) electrons. The molecule has 2 aromatic carbocycles. The van der Waals surface area contributed by atoms with Gasteiger partial charge in [-0.3, -0.25) is 10.1 Å². The molecule has 2 aromatic rings. The van der Waals surface area contributed by atoms with Crippen LogP contribution in [0, 0.1) is 10.1 Å². The minimum Gasteiger partial charge on any atom is -0.493 e. The Morgan fingerprint density at radius 3 is 2.39 bits per heavy atom. The number of carbonyl (C=O) groups is 1. The molecular weight excluding hydrogens is 302 g/mol. The summed E-state index contributed by atoms with van der Waals surface area (Å²) in [4.78, 5) is 22.3. The van der Waals surface area contributed by atoms with Crippen LogP contribution in [0.2, 0.25) is 0 Å². The first kappa shape index (κ1) is 16.3. The van der Waals surface area contributed by atoms with E-state index in [9.17, 15) is 14.9 Å². The number of hydrogen-bond donors (Lipinski definition) is 0. The zero-order valence-electron chi connectivity index (χ0n) is 12.9. The molecule has 0 aromatic heterocycles. The van der Waals surface area contributed by atoms with Crippen LogP contribution in [0.4, 0.5) is 5.69 Å². The summed E-state index contributed by atoms with van der Waals surface area (Å²) in [5.41, 5.74) is 1.22. The zero-order valence-corrected chi connectivity index (χ0v) is 12.9. The van der Waals surface area contributed by atoms with Crippen LogP contribution in [0.3, 0.4) is 0 Å². The largest absolute Gasteiger partial charge is 0.493 e. The number of nitrogens with zero attached hydrogens (tertiary/aromatic N) is 1. The first-order chi connectivity index (χ1) is 11.0. The SMILES string of the molecule is COC(=O)c1cccc(-c2cc([N+](=O)[O-])cc(OC)c2OC)c1. The smallest absolute Gasteiger partial charge is 0.337 e. The number of methoxy groups -OCH3 is 3. The van der Waals surface area contributed by atoms with Crippen molar-refractivity contribution in [3.05, 3.63) is 52.1 Å². The quantitative estimate of drug-likeness (QED) is 0.478. The van der Waals surface area contributed by atoms with E-state index >= 15 is 0 Å². The lowest BCUT2D eigenvalue weighted by Crippen LogP contribution is -2.01. The number of nitro benzene ring substituents is 1. The molecule has 120 valence electrons. The van der Waals surface area contributed by atoms with Gasteiger partial charge in [0.05, 0.1) is 37.9 Å². The highest BCUT2D eigenvalue weighted by Gasteiger charge is 2.20. The number of esters is 1. The molecule has 23 heavy (non-hydrogen) atoms. The van der Waals surface area contributed by atoms with Gasteiger partial charge in [-0.1, -0.05) is 12.1 Å². The first-order valence-corrected chi connectivity index (χ1v) is 6.61. The van der Waals surface area contributed by atoms with Crippen LogP contribution in [-0.2, 0) is 4.74 Å². The number of carbonyl (C=O) groups excluding carboxylic acids is 1. The highest BCUT2D eigenvalue weighted by molar-refractivity contribution is 5.91. The van der Waals surface area contributed by atoms with Crippen molar-refractivity contribution >= 4 is 11.7 Å². The third-order valence-corrected chi connectivity index (χ3v) is 3.27. The summed E-state index contributed by atoms with van der Waals surface area (Å²) in [5.74, 6) is 0.0866. The fourth-order valence-electron chi connectivity index (χ4n) is 2.20. The number of non-ortho nitro benzene ring substituents is 1. The molecule has 0 aliphatic heterocycles. The van der Waals surface area contributed by atoms with Crippen molar-refractivity contribution < 1.29 is 23.9 Å².